The van der Waals surface area contributed by atoms with Crippen LogP contribution in [-0.4, -0.2) is 11.6 Å². The van der Waals surface area contributed by atoms with E-state index in [-0.39, 0.29) is 28.8 Å². The molecule has 0 saturated heterocycles. The average Bonchev–Trinajstić information content (AvgIpc) is 2.27. The molecule has 60 valence electrons. The van der Waals surface area contributed by atoms with E-state index in [4.69, 9.17) is 0 Å². The zero-order valence-electron chi connectivity index (χ0n) is 6.89. The second-order valence-corrected chi connectivity index (χ2v) is 4.23. The van der Waals surface area contributed by atoms with E-state index in [2.05, 4.69) is 0 Å². The first-order chi connectivity index (χ1) is 5.05. The van der Waals surface area contributed by atoms with Crippen molar-refractivity contribution in [2.24, 2.45) is 17.3 Å². The number of hydrogen-bond donors (Lipinski definition) is 0. The molecular weight excluding hydrogens is 142 g/mol. The van der Waals surface area contributed by atoms with Crippen molar-refractivity contribution in [3.8, 4) is 0 Å². The predicted molar refractivity (Wildman–Crippen MR) is 40.0 cm³/mol. The van der Waals surface area contributed by atoms with Gasteiger partial charge in [-0.1, -0.05) is 13.8 Å². The van der Waals surface area contributed by atoms with E-state index in [1.165, 1.54) is 0 Å². The molecule has 2 bridgehead atoms. The molecule has 0 N–H and O–H groups in total. The third-order valence-electron chi connectivity index (χ3n) is 3.42. The Morgan fingerprint density at radius 2 is 1.91 bits per heavy atom. The summed E-state index contributed by atoms with van der Waals surface area (Å²) >= 11 is 0. The Labute approximate surface area is 66.0 Å². The first kappa shape index (κ1) is 7.01. The largest absolute Gasteiger partial charge is 0.291 e. The summed E-state index contributed by atoms with van der Waals surface area (Å²) in [6, 6.07) is 0. The lowest BCUT2D eigenvalue weighted by Gasteiger charge is -2.20. The molecule has 2 nitrogen and oxygen atoms in total. The van der Waals surface area contributed by atoms with Crippen molar-refractivity contribution in [3.05, 3.63) is 0 Å². The number of carbonyl (C=O) groups is 2. The van der Waals surface area contributed by atoms with Crippen LogP contribution in [-0.2, 0) is 9.59 Å². The van der Waals surface area contributed by atoms with Crippen molar-refractivity contribution in [1.82, 2.24) is 0 Å². The van der Waals surface area contributed by atoms with Crippen LogP contribution >= 0.6 is 0 Å². The molecule has 0 aliphatic heterocycles. The van der Waals surface area contributed by atoms with Crippen LogP contribution in [0.3, 0.4) is 0 Å². The molecule has 11 heavy (non-hydrogen) atoms. The highest BCUT2D eigenvalue weighted by molar-refractivity contribution is 6.41. The Bertz CT molecular complexity index is 216. The quantitative estimate of drug-likeness (QED) is 0.388. The highest BCUT2D eigenvalue weighted by Gasteiger charge is 2.58. The van der Waals surface area contributed by atoms with Crippen LogP contribution in [0.25, 0.3) is 0 Å². The van der Waals surface area contributed by atoms with Gasteiger partial charge in [0.2, 0.25) is 11.6 Å². The van der Waals surface area contributed by atoms with Crippen molar-refractivity contribution in [1.29, 1.82) is 0 Å². The summed E-state index contributed by atoms with van der Waals surface area (Å²) in [4.78, 5) is 22.5. The highest BCUT2D eigenvalue weighted by atomic mass is 18.1. The molecule has 0 heterocycles. The average molecular weight is 154 g/mol. The Morgan fingerprint density at radius 1 is 1.36 bits per heavy atom. The zero-order chi connectivity index (χ0) is 8.22. The van der Waals surface area contributed by atoms with Gasteiger partial charge in [0.1, 0.15) is 0 Å². The molecule has 2 aliphatic rings. The Morgan fingerprint density at radius 3 is 2.18 bits per heavy atom. The zero-order valence-corrected chi connectivity index (χ0v) is 6.89. The summed E-state index contributed by atoms with van der Waals surface area (Å²) in [5.74, 6) is -0.127. The summed E-state index contributed by atoms with van der Waals surface area (Å²) in [7, 11) is 0. The maximum absolute atomic E-state index is 11.2. The number of fused-ring (bicyclic) bond motifs is 2. The van der Waals surface area contributed by atoms with E-state index in [9.17, 15) is 9.59 Å². The molecule has 0 radical (unpaired) electrons. The van der Waals surface area contributed by atoms with E-state index < -0.39 is 0 Å². The van der Waals surface area contributed by atoms with Crippen molar-refractivity contribution in [2.75, 3.05) is 0 Å². The molecule has 0 unspecified atom stereocenters. The minimum Gasteiger partial charge on any atom is -0.291 e. The second-order valence-electron chi connectivity index (χ2n) is 4.23. The van der Waals surface area contributed by atoms with Gasteiger partial charge in [0.15, 0.2) is 0 Å². The third kappa shape index (κ3) is 0.627. The number of carbonyl (C=O) groups excluding carboxylic acids is 2. The minimum atomic E-state index is -0.105. The van der Waals surface area contributed by atoms with Crippen LogP contribution < -0.4 is 0 Å². The van der Waals surface area contributed by atoms with Crippen molar-refractivity contribution in [2.45, 2.75) is 26.7 Å². The smallest absolute Gasteiger partial charge is 0.202 e. The standard InChI is InChI=1S/C9H12O2/c1-9(2)5-3-4-6(9)8(11)7(5)10/h5-6H,3-4H2,1-2H3/t5-,6+/i10+2/m0/s1. The SMILES string of the molecule is CC1(C)[C@@H]2CC[C@H]1C(=[18O])C2=O. The van der Waals surface area contributed by atoms with Crippen LogP contribution in [0.1, 0.15) is 26.7 Å². The van der Waals surface area contributed by atoms with E-state index >= 15 is 0 Å². The molecule has 2 atom stereocenters. The molecule has 2 heteroatoms. The molecule has 0 aromatic carbocycles. The second kappa shape index (κ2) is 1.74. The Balaban J connectivity index is 2.46. The fraction of sp³-hybridized carbons (Fsp3) is 0.778. The van der Waals surface area contributed by atoms with Gasteiger partial charge in [-0.2, -0.15) is 0 Å². The first-order valence-electron chi connectivity index (χ1n) is 4.13. The highest BCUT2D eigenvalue weighted by Crippen LogP contribution is 2.53. The van der Waals surface area contributed by atoms with Gasteiger partial charge in [0, 0.05) is 11.8 Å². The predicted octanol–water partition coefficient (Wildman–Crippen LogP) is 1.19. The van der Waals surface area contributed by atoms with Gasteiger partial charge in [-0.3, -0.25) is 9.59 Å². The van der Waals surface area contributed by atoms with Crippen molar-refractivity contribution >= 4 is 11.6 Å². The van der Waals surface area contributed by atoms with Gasteiger partial charge in [-0.05, 0) is 18.3 Å². The fourth-order valence-corrected chi connectivity index (χ4v) is 2.60. The Hall–Kier alpha value is -0.660. The van der Waals surface area contributed by atoms with Crippen LogP contribution in [0.15, 0.2) is 0 Å². The van der Waals surface area contributed by atoms with E-state index in [1.54, 1.807) is 0 Å². The number of Topliss-reactive ketones (excluding diaryl/α,β-unsaturated/α-hetero) is 2. The summed E-state index contributed by atoms with van der Waals surface area (Å²) in [5, 5.41) is 0. The van der Waals surface area contributed by atoms with Crippen molar-refractivity contribution in [3.63, 3.8) is 0 Å². The van der Waals surface area contributed by atoms with Crippen LogP contribution in [0, 0.1) is 17.3 Å². The van der Waals surface area contributed by atoms with Crippen molar-refractivity contribution < 1.29 is 9.59 Å². The van der Waals surface area contributed by atoms with Crippen LogP contribution in [0.4, 0.5) is 0 Å². The summed E-state index contributed by atoms with van der Waals surface area (Å²) in [6.45, 7) is 4.08. The topological polar surface area (TPSA) is 34.1 Å². The lowest BCUT2D eigenvalue weighted by Crippen LogP contribution is -2.20. The van der Waals surface area contributed by atoms with Gasteiger partial charge in [0.05, 0.1) is 0 Å². The number of rotatable bonds is 0. The monoisotopic (exact) mass is 154 g/mol. The normalized spacial score (nSPS) is 40.2. The van der Waals surface area contributed by atoms with Gasteiger partial charge in [0.25, 0.3) is 0 Å². The Kier molecular flexibility index (Phi) is 1.11. The molecule has 0 spiro atoms. The minimum absolute atomic E-state index is 0.0336. The van der Waals surface area contributed by atoms with Gasteiger partial charge in [-0.25, -0.2) is 0 Å². The summed E-state index contributed by atoms with van der Waals surface area (Å²) < 4.78 is 0. The molecular formula is C9H12O2. The lowest BCUT2D eigenvalue weighted by atomic mass is 9.82. The maximum Gasteiger partial charge on any atom is 0.202 e. The van der Waals surface area contributed by atoms with E-state index in [1.807, 2.05) is 13.8 Å². The number of hydrogen-bond acceptors (Lipinski definition) is 2. The molecule has 2 rings (SSSR count). The maximum atomic E-state index is 11.2. The summed E-state index contributed by atoms with van der Waals surface area (Å²) in [6.07, 6.45) is 1.87. The molecule has 2 fully saturated rings. The van der Waals surface area contributed by atoms with E-state index in [0.29, 0.717) is 0 Å². The molecule has 2 aliphatic carbocycles. The first-order valence-corrected chi connectivity index (χ1v) is 4.13. The fourth-order valence-electron chi connectivity index (χ4n) is 2.60. The van der Waals surface area contributed by atoms with Gasteiger partial charge < -0.3 is 0 Å². The van der Waals surface area contributed by atoms with Crippen LogP contribution in [0.2, 0.25) is 0 Å². The van der Waals surface area contributed by atoms with Crippen LogP contribution in [0.5, 0.6) is 0 Å². The molecule has 0 amide bonds. The number of ketones is 2. The molecule has 0 aromatic rings. The molecule has 0 aromatic heterocycles. The lowest BCUT2D eigenvalue weighted by molar-refractivity contribution is -0.138. The van der Waals surface area contributed by atoms with Gasteiger partial charge >= 0.3 is 0 Å². The van der Waals surface area contributed by atoms with E-state index in [0.717, 1.165) is 12.8 Å². The van der Waals surface area contributed by atoms with Gasteiger partial charge in [-0.15, -0.1) is 0 Å². The third-order valence-corrected chi connectivity index (χ3v) is 3.42. The summed E-state index contributed by atoms with van der Waals surface area (Å²) in [5.41, 5.74) is -0.0336. The molecule has 2 saturated carbocycles.